The van der Waals surface area contributed by atoms with Gasteiger partial charge in [-0.3, -0.25) is 0 Å². The van der Waals surface area contributed by atoms with E-state index in [1.165, 1.54) is 28.5 Å². The Morgan fingerprint density at radius 3 is 2.90 bits per heavy atom. The monoisotopic (exact) mass is 303 g/mol. The second-order valence-corrected chi connectivity index (χ2v) is 7.92. The molecule has 0 radical (unpaired) electrons. The molecule has 0 saturated carbocycles. The molecule has 2 nitrogen and oxygen atoms in total. The predicted octanol–water partition coefficient (Wildman–Crippen LogP) is 4.76. The highest BCUT2D eigenvalue weighted by Crippen LogP contribution is 2.39. The van der Waals surface area contributed by atoms with Crippen molar-refractivity contribution in [2.75, 3.05) is 13.2 Å². The van der Waals surface area contributed by atoms with E-state index in [2.05, 4.69) is 55.7 Å². The van der Waals surface area contributed by atoms with Crippen molar-refractivity contribution in [3.8, 4) is 0 Å². The molecule has 1 aromatic carbocycles. The van der Waals surface area contributed by atoms with Gasteiger partial charge in [0.05, 0.1) is 6.10 Å². The van der Waals surface area contributed by atoms with Crippen molar-refractivity contribution in [2.45, 2.75) is 45.3 Å². The number of benzene rings is 1. The van der Waals surface area contributed by atoms with Crippen LogP contribution in [0.5, 0.6) is 0 Å². The lowest BCUT2D eigenvalue weighted by Crippen LogP contribution is -2.41. The first kappa shape index (κ1) is 15.0. The summed E-state index contributed by atoms with van der Waals surface area (Å²) in [5.41, 5.74) is 1.55. The van der Waals surface area contributed by atoms with E-state index in [0.717, 1.165) is 13.2 Å². The number of nitrogens with one attached hydrogen (secondary N) is 1. The fourth-order valence-electron chi connectivity index (χ4n) is 3.05. The molecule has 0 aliphatic carbocycles. The van der Waals surface area contributed by atoms with Gasteiger partial charge >= 0.3 is 0 Å². The summed E-state index contributed by atoms with van der Waals surface area (Å²) in [5, 5.41) is 7.32. The van der Waals surface area contributed by atoms with E-state index >= 15 is 0 Å². The zero-order valence-electron chi connectivity index (χ0n) is 13.2. The number of hydrogen-bond donors (Lipinski definition) is 1. The van der Waals surface area contributed by atoms with Crippen LogP contribution in [0.3, 0.4) is 0 Å². The summed E-state index contributed by atoms with van der Waals surface area (Å²) < 4.78 is 7.54. The fourth-order valence-corrected chi connectivity index (χ4v) is 4.04. The van der Waals surface area contributed by atoms with Gasteiger partial charge < -0.3 is 10.1 Å². The molecule has 0 spiro atoms. The topological polar surface area (TPSA) is 21.3 Å². The fraction of sp³-hybridized carbons (Fsp3) is 0.556. The van der Waals surface area contributed by atoms with Gasteiger partial charge in [-0.25, -0.2) is 0 Å². The van der Waals surface area contributed by atoms with E-state index in [-0.39, 0.29) is 11.6 Å². The maximum Gasteiger partial charge on any atom is 0.0879 e. The second-order valence-electron chi connectivity index (χ2n) is 7.01. The Morgan fingerprint density at radius 2 is 2.10 bits per heavy atom. The highest BCUT2D eigenvalue weighted by atomic mass is 32.1. The van der Waals surface area contributed by atoms with Crippen LogP contribution >= 0.6 is 11.3 Å². The number of fused-ring (bicyclic) bond motifs is 1. The van der Waals surface area contributed by atoms with Crippen molar-refractivity contribution in [2.24, 2.45) is 5.92 Å². The summed E-state index contributed by atoms with van der Waals surface area (Å²) in [6.07, 6.45) is 2.66. The van der Waals surface area contributed by atoms with E-state index in [0.29, 0.717) is 5.92 Å². The van der Waals surface area contributed by atoms with Crippen molar-refractivity contribution in [1.82, 2.24) is 5.32 Å². The number of hydrogen-bond acceptors (Lipinski definition) is 3. The molecule has 3 rings (SSSR count). The summed E-state index contributed by atoms with van der Waals surface area (Å²) in [5.74, 6) is 0.566. The van der Waals surface area contributed by atoms with Gasteiger partial charge in [0.2, 0.25) is 0 Å². The molecule has 3 heteroatoms. The van der Waals surface area contributed by atoms with Crippen molar-refractivity contribution < 1.29 is 4.74 Å². The van der Waals surface area contributed by atoms with E-state index in [4.69, 9.17) is 4.74 Å². The molecule has 1 fully saturated rings. The average Bonchev–Trinajstić information content (AvgIpc) is 2.88. The zero-order chi connectivity index (χ0) is 14.9. The molecule has 2 unspecified atom stereocenters. The van der Waals surface area contributed by atoms with E-state index in [9.17, 15) is 0 Å². The number of rotatable bonds is 3. The Balaban J connectivity index is 1.83. The normalized spacial score (nSPS) is 23.6. The standard InChI is InChI=1S/C18H25NOS/c1-18(2,3)19-11-13-7-6-10-20-17(13)15-12-21-16-9-5-4-8-14(15)16/h4-5,8-9,12-13,17,19H,6-7,10-11H2,1-3H3. The van der Waals surface area contributed by atoms with E-state index in [1.54, 1.807) is 0 Å². The molecule has 0 amide bonds. The van der Waals surface area contributed by atoms with Crippen LogP contribution < -0.4 is 5.32 Å². The molecule has 2 aromatic rings. The summed E-state index contributed by atoms with van der Waals surface area (Å²) >= 11 is 1.83. The van der Waals surface area contributed by atoms with Gasteiger partial charge in [0.15, 0.2) is 0 Å². The molecule has 1 aliphatic rings. The third-order valence-corrected chi connectivity index (χ3v) is 5.14. The van der Waals surface area contributed by atoms with Crippen LogP contribution in [-0.4, -0.2) is 18.7 Å². The molecule has 2 atom stereocenters. The Morgan fingerprint density at radius 1 is 1.29 bits per heavy atom. The Labute approximate surface area is 131 Å². The van der Waals surface area contributed by atoms with Gasteiger partial charge in [-0.2, -0.15) is 0 Å². The first-order chi connectivity index (χ1) is 10.0. The van der Waals surface area contributed by atoms with Crippen LogP contribution in [0.2, 0.25) is 0 Å². The van der Waals surface area contributed by atoms with Crippen molar-refractivity contribution >= 4 is 21.4 Å². The minimum absolute atomic E-state index is 0.165. The highest BCUT2D eigenvalue weighted by Gasteiger charge is 2.30. The summed E-state index contributed by atoms with van der Waals surface area (Å²) in [6.45, 7) is 8.60. The largest absolute Gasteiger partial charge is 0.373 e. The average molecular weight is 303 g/mol. The van der Waals surface area contributed by atoms with Gasteiger partial charge in [-0.15, -0.1) is 11.3 Å². The van der Waals surface area contributed by atoms with Crippen LogP contribution in [0.4, 0.5) is 0 Å². The molecule has 21 heavy (non-hydrogen) atoms. The van der Waals surface area contributed by atoms with Gasteiger partial charge in [-0.1, -0.05) is 18.2 Å². The van der Waals surface area contributed by atoms with Crippen LogP contribution in [0.15, 0.2) is 29.6 Å². The molecular weight excluding hydrogens is 278 g/mol. The van der Waals surface area contributed by atoms with Gasteiger partial charge in [0.1, 0.15) is 0 Å². The molecule has 1 N–H and O–H groups in total. The van der Waals surface area contributed by atoms with Gasteiger partial charge in [-0.05, 0) is 56.0 Å². The maximum absolute atomic E-state index is 6.17. The van der Waals surface area contributed by atoms with Crippen molar-refractivity contribution in [3.05, 3.63) is 35.2 Å². The molecule has 0 bridgehead atoms. The molecule has 2 heterocycles. The zero-order valence-corrected chi connectivity index (χ0v) is 14.0. The van der Waals surface area contributed by atoms with E-state index < -0.39 is 0 Å². The van der Waals surface area contributed by atoms with Crippen LogP contribution in [0, 0.1) is 5.92 Å². The van der Waals surface area contributed by atoms with Crippen LogP contribution in [0.1, 0.15) is 45.3 Å². The molecular formula is C18H25NOS. The Bertz CT molecular complexity index is 599. The van der Waals surface area contributed by atoms with Crippen molar-refractivity contribution in [1.29, 1.82) is 0 Å². The Kier molecular flexibility index (Phi) is 4.34. The summed E-state index contributed by atoms with van der Waals surface area (Å²) in [7, 11) is 0. The summed E-state index contributed by atoms with van der Waals surface area (Å²) in [6, 6.07) is 8.68. The minimum Gasteiger partial charge on any atom is -0.373 e. The lowest BCUT2D eigenvalue weighted by molar-refractivity contribution is -0.0282. The van der Waals surface area contributed by atoms with Gasteiger partial charge in [0.25, 0.3) is 0 Å². The summed E-state index contributed by atoms with van der Waals surface area (Å²) in [4.78, 5) is 0. The Hall–Kier alpha value is -0.900. The molecule has 1 aromatic heterocycles. The first-order valence-electron chi connectivity index (χ1n) is 7.87. The molecule has 1 aliphatic heterocycles. The van der Waals surface area contributed by atoms with Crippen LogP contribution in [0.25, 0.3) is 10.1 Å². The molecule has 114 valence electrons. The quantitative estimate of drug-likeness (QED) is 0.883. The minimum atomic E-state index is 0.165. The second kappa shape index (κ2) is 6.07. The highest BCUT2D eigenvalue weighted by molar-refractivity contribution is 7.17. The predicted molar refractivity (Wildman–Crippen MR) is 91.0 cm³/mol. The molecule has 1 saturated heterocycles. The van der Waals surface area contributed by atoms with Crippen LogP contribution in [-0.2, 0) is 4.74 Å². The van der Waals surface area contributed by atoms with Crippen molar-refractivity contribution in [3.63, 3.8) is 0 Å². The van der Waals surface area contributed by atoms with Gasteiger partial charge in [0, 0.05) is 29.3 Å². The number of thiophene rings is 1. The lowest BCUT2D eigenvalue weighted by atomic mass is 9.88. The number of ether oxygens (including phenoxy) is 1. The first-order valence-corrected chi connectivity index (χ1v) is 8.75. The maximum atomic E-state index is 6.17. The SMILES string of the molecule is CC(C)(C)NCC1CCCOC1c1csc2ccccc12. The lowest BCUT2D eigenvalue weighted by Gasteiger charge is -2.34. The van der Waals surface area contributed by atoms with E-state index in [1.807, 2.05) is 11.3 Å². The third-order valence-electron chi connectivity index (χ3n) is 4.16. The third kappa shape index (κ3) is 3.47. The smallest absolute Gasteiger partial charge is 0.0879 e.